The Labute approximate surface area is 161 Å². The number of para-hydroxylation sites is 1. The molecule has 3 nitrogen and oxygen atoms in total. The van der Waals surface area contributed by atoms with Crippen molar-refractivity contribution in [3.8, 4) is 0 Å². The van der Waals surface area contributed by atoms with E-state index in [1.165, 1.54) is 0 Å². The monoisotopic (exact) mass is 358 g/mol. The van der Waals surface area contributed by atoms with Crippen molar-refractivity contribution in [3.63, 3.8) is 0 Å². The van der Waals surface area contributed by atoms with Crippen LogP contribution in [0.5, 0.6) is 0 Å². The molecule has 1 aromatic heterocycles. The van der Waals surface area contributed by atoms with Crippen molar-refractivity contribution in [2.75, 3.05) is 5.32 Å². The molecular formula is C24H26N2O. The second-order valence-corrected chi connectivity index (χ2v) is 7.16. The smallest absolute Gasteiger partial charge is 0.230 e. The molecule has 0 spiro atoms. The van der Waals surface area contributed by atoms with Gasteiger partial charge in [-0.25, -0.2) is 0 Å². The molecular weight excluding hydrogens is 332 g/mol. The molecule has 0 saturated heterocycles. The normalized spacial score (nSPS) is 13.6. The molecule has 3 rings (SSSR count). The summed E-state index contributed by atoms with van der Waals surface area (Å²) in [5.74, 6) is 0.0419. The summed E-state index contributed by atoms with van der Waals surface area (Å²) in [5.41, 5.74) is 2.28. The highest BCUT2D eigenvalue weighted by Gasteiger charge is 2.31. The molecule has 2 aromatic carbocycles. The number of nitrogens with zero attached hydrogens (tertiary/aromatic N) is 1. The van der Waals surface area contributed by atoms with E-state index >= 15 is 0 Å². The van der Waals surface area contributed by atoms with E-state index in [4.69, 9.17) is 0 Å². The molecule has 3 heteroatoms. The summed E-state index contributed by atoms with van der Waals surface area (Å²) in [6.45, 7) is 4.16. The zero-order valence-corrected chi connectivity index (χ0v) is 16.0. The summed E-state index contributed by atoms with van der Waals surface area (Å²) in [6, 6.07) is 20.0. The Kier molecular flexibility index (Phi) is 6.02. The Morgan fingerprint density at radius 1 is 1.07 bits per heavy atom. The Morgan fingerprint density at radius 3 is 2.63 bits per heavy atom. The van der Waals surface area contributed by atoms with E-state index < -0.39 is 5.41 Å². The standard InChI is InChI=1S/C24H26N2O/c1-3-16-24(2,17-8-12-19-10-5-4-6-11-19)23(27)26-21-15-7-13-20-14-9-18-25-22(20)21/h4-15,18H,3,16-17H2,1-2H3,(H,26,27)/b12-8+. The van der Waals surface area contributed by atoms with Crippen LogP contribution in [-0.2, 0) is 4.79 Å². The number of fused-ring (bicyclic) bond motifs is 1. The molecule has 0 aliphatic rings. The van der Waals surface area contributed by atoms with Gasteiger partial charge in [0.25, 0.3) is 0 Å². The summed E-state index contributed by atoms with van der Waals surface area (Å²) in [4.78, 5) is 17.6. The first-order valence-electron chi connectivity index (χ1n) is 9.49. The zero-order valence-electron chi connectivity index (χ0n) is 16.0. The van der Waals surface area contributed by atoms with Gasteiger partial charge in [-0.3, -0.25) is 9.78 Å². The molecule has 0 aliphatic heterocycles. The molecule has 27 heavy (non-hydrogen) atoms. The molecule has 3 aromatic rings. The zero-order chi connectivity index (χ0) is 19.1. The number of nitrogens with one attached hydrogen (secondary N) is 1. The van der Waals surface area contributed by atoms with Crippen LogP contribution in [0.15, 0.2) is 72.9 Å². The summed E-state index contributed by atoms with van der Waals surface area (Å²) < 4.78 is 0. The fourth-order valence-electron chi connectivity index (χ4n) is 3.36. The number of pyridine rings is 1. The Balaban J connectivity index is 1.78. The Hall–Kier alpha value is -2.94. The fraction of sp³-hybridized carbons (Fsp3) is 0.250. The lowest BCUT2D eigenvalue weighted by Crippen LogP contribution is -2.33. The molecule has 1 N–H and O–H groups in total. The van der Waals surface area contributed by atoms with E-state index in [0.29, 0.717) is 6.42 Å². The summed E-state index contributed by atoms with van der Waals surface area (Å²) in [5, 5.41) is 4.15. The van der Waals surface area contributed by atoms with Crippen molar-refractivity contribution in [3.05, 3.63) is 78.5 Å². The number of carbonyl (C=O) groups is 1. The quantitative estimate of drug-likeness (QED) is 0.556. The third kappa shape index (κ3) is 4.62. The highest BCUT2D eigenvalue weighted by atomic mass is 16.2. The number of hydrogen-bond acceptors (Lipinski definition) is 2. The largest absolute Gasteiger partial charge is 0.324 e. The maximum atomic E-state index is 13.1. The van der Waals surface area contributed by atoms with Gasteiger partial charge >= 0.3 is 0 Å². The minimum Gasteiger partial charge on any atom is -0.324 e. The van der Waals surface area contributed by atoms with Crippen molar-refractivity contribution in [2.45, 2.75) is 33.1 Å². The lowest BCUT2D eigenvalue weighted by atomic mass is 9.81. The van der Waals surface area contributed by atoms with E-state index in [9.17, 15) is 4.79 Å². The highest BCUT2D eigenvalue weighted by Crippen LogP contribution is 2.31. The van der Waals surface area contributed by atoms with Crippen molar-refractivity contribution in [1.82, 2.24) is 4.98 Å². The molecule has 1 heterocycles. The maximum Gasteiger partial charge on any atom is 0.230 e. The van der Waals surface area contributed by atoms with Crippen LogP contribution < -0.4 is 5.32 Å². The number of anilines is 1. The number of hydrogen-bond donors (Lipinski definition) is 1. The molecule has 0 saturated carbocycles. The Bertz CT molecular complexity index is 928. The van der Waals surface area contributed by atoms with Gasteiger partial charge in [-0.05, 0) is 30.5 Å². The first-order chi connectivity index (χ1) is 13.1. The number of amides is 1. The van der Waals surface area contributed by atoms with Crippen LogP contribution in [0.2, 0.25) is 0 Å². The molecule has 1 unspecified atom stereocenters. The molecule has 0 aliphatic carbocycles. The number of benzene rings is 2. The van der Waals surface area contributed by atoms with E-state index in [1.807, 2.05) is 55.5 Å². The van der Waals surface area contributed by atoms with E-state index in [2.05, 4.69) is 41.5 Å². The van der Waals surface area contributed by atoms with Gasteiger partial charge in [-0.15, -0.1) is 0 Å². The van der Waals surface area contributed by atoms with Gasteiger partial charge in [-0.2, -0.15) is 0 Å². The van der Waals surface area contributed by atoms with Crippen LogP contribution in [-0.4, -0.2) is 10.9 Å². The average molecular weight is 358 g/mol. The van der Waals surface area contributed by atoms with Crippen molar-refractivity contribution >= 4 is 28.6 Å². The van der Waals surface area contributed by atoms with Gasteiger partial charge in [-0.1, -0.05) is 81.0 Å². The van der Waals surface area contributed by atoms with Gasteiger partial charge in [0.2, 0.25) is 5.91 Å². The minimum atomic E-state index is -0.461. The van der Waals surface area contributed by atoms with Gasteiger partial charge in [0.05, 0.1) is 16.6 Å². The first-order valence-corrected chi connectivity index (χ1v) is 9.49. The molecule has 1 amide bonds. The van der Waals surface area contributed by atoms with Crippen LogP contribution in [0.3, 0.4) is 0 Å². The lowest BCUT2D eigenvalue weighted by Gasteiger charge is -2.27. The van der Waals surface area contributed by atoms with Crippen LogP contribution in [0, 0.1) is 5.41 Å². The number of allylic oxidation sites excluding steroid dienone is 1. The number of rotatable bonds is 7. The topological polar surface area (TPSA) is 42.0 Å². The summed E-state index contributed by atoms with van der Waals surface area (Å²) in [7, 11) is 0. The van der Waals surface area contributed by atoms with Gasteiger partial charge in [0.1, 0.15) is 0 Å². The predicted molar refractivity (Wildman–Crippen MR) is 113 cm³/mol. The van der Waals surface area contributed by atoms with Crippen LogP contribution in [0.1, 0.15) is 38.7 Å². The molecule has 0 radical (unpaired) electrons. The number of aromatic nitrogens is 1. The van der Waals surface area contributed by atoms with Gasteiger partial charge < -0.3 is 5.32 Å². The van der Waals surface area contributed by atoms with Crippen LogP contribution in [0.4, 0.5) is 5.69 Å². The number of carbonyl (C=O) groups excluding carboxylic acids is 1. The fourth-order valence-corrected chi connectivity index (χ4v) is 3.36. The van der Waals surface area contributed by atoms with E-state index in [-0.39, 0.29) is 5.91 Å². The Morgan fingerprint density at radius 2 is 1.85 bits per heavy atom. The van der Waals surface area contributed by atoms with Crippen LogP contribution >= 0.6 is 0 Å². The SMILES string of the molecule is CCCC(C)(C/C=C/c1ccccc1)C(=O)Nc1cccc2cccnc12. The molecule has 0 fully saturated rings. The maximum absolute atomic E-state index is 13.1. The van der Waals surface area contributed by atoms with Crippen LogP contribution in [0.25, 0.3) is 17.0 Å². The van der Waals surface area contributed by atoms with Gasteiger partial charge in [0.15, 0.2) is 0 Å². The van der Waals surface area contributed by atoms with Crippen molar-refractivity contribution in [2.24, 2.45) is 5.41 Å². The molecule has 138 valence electrons. The van der Waals surface area contributed by atoms with E-state index in [0.717, 1.165) is 35.0 Å². The molecule has 0 bridgehead atoms. The van der Waals surface area contributed by atoms with Crippen molar-refractivity contribution in [1.29, 1.82) is 0 Å². The summed E-state index contributed by atoms with van der Waals surface area (Å²) in [6.07, 6.45) is 8.42. The highest BCUT2D eigenvalue weighted by molar-refractivity contribution is 6.02. The third-order valence-corrected chi connectivity index (χ3v) is 4.91. The second kappa shape index (κ2) is 8.63. The second-order valence-electron chi connectivity index (χ2n) is 7.16. The van der Waals surface area contributed by atoms with Gasteiger partial charge in [0, 0.05) is 11.6 Å². The minimum absolute atomic E-state index is 0.0419. The third-order valence-electron chi connectivity index (χ3n) is 4.91. The molecule has 1 atom stereocenters. The summed E-state index contributed by atoms with van der Waals surface area (Å²) >= 11 is 0. The van der Waals surface area contributed by atoms with Crippen molar-refractivity contribution < 1.29 is 4.79 Å². The lowest BCUT2D eigenvalue weighted by molar-refractivity contribution is -0.125. The first kappa shape index (κ1) is 18.8. The van der Waals surface area contributed by atoms with E-state index in [1.54, 1.807) is 6.20 Å². The predicted octanol–water partition coefficient (Wildman–Crippen LogP) is 6.08. The average Bonchev–Trinajstić information content (AvgIpc) is 2.69.